The van der Waals surface area contributed by atoms with Crippen LogP contribution in [0.3, 0.4) is 0 Å². The number of halogens is 3. The molecule has 0 fully saturated rings. The summed E-state index contributed by atoms with van der Waals surface area (Å²) < 4.78 is 37.4. The molecule has 2 rings (SSSR count). The number of hydrogen-bond acceptors (Lipinski definition) is 3. The molecule has 1 heterocycles. The van der Waals surface area contributed by atoms with E-state index in [0.717, 1.165) is 10.6 Å². The van der Waals surface area contributed by atoms with Crippen LogP contribution in [0.15, 0.2) is 24.3 Å². The van der Waals surface area contributed by atoms with Gasteiger partial charge in [0.25, 0.3) is 0 Å². The van der Waals surface area contributed by atoms with E-state index in [1.165, 1.54) is 12.0 Å². The van der Waals surface area contributed by atoms with Crippen molar-refractivity contribution in [1.82, 2.24) is 10.4 Å². The third kappa shape index (κ3) is 4.87. The van der Waals surface area contributed by atoms with E-state index in [1.807, 2.05) is 19.1 Å². The highest BCUT2D eigenvalue weighted by Gasteiger charge is 2.37. The Morgan fingerprint density at radius 3 is 2.65 bits per heavy atom. The molecule has 1 aromatic rings. The van der Waals surface area contributed by atoms with Gasteiger partial charge in [0.15, 0.2) is 0 Å². The molecule has 0 saturated heterocycles. The summed E-state index contributed by atoms with van der Waals surface area (Å²) in [6, 6.07) is 6.58. The zero-order chi connectivity index (χ0) is 19.3. The highest BCUT2D eigenvalue weighted by Crippen LogP contribution is 2.31. The van der Waals surface area contributed by atoms with Gasteiger partial charge in [0.2, 0.25) is 5.91 Å². The molecule has 1 aliphatic rings. The Morgan fingerprint density at radius 1 is 1.35 bits per heavy atom. The Balaban J connectivity index is 2.29. The predicted molar refractivity (Wildman–Crippen MR) is 89.2 cm³/mol. The molecular weight excluding hydrogens is 351 g/mol. The first-order valence-corrected chi connectivity index (χ1v) is 8.35. The largest absolute Gasteiger partial charge is 0.397 e. The van der Waals surface area contributed by atoms with Crippen LogP contribution >= 0.6 is 0 Å². The number of hydrogen-bond donors (Lipinski definition) is 1. The third-order valence-electron chi connectivity index (χ3n) is 4.01. The van der Waals surface area contributed by atoms with Crippen LogP contribution < -0.4 is 10.2 Å². The van der Waals surface area contributed by atoms with E-state index in [1.54, 1.807) is 12.1 Å². The monoisotopic (exact) mass is 373 g/mol. The van der Waals surface area contributed by atoms with Gasteiger partial charge in [-0.3, -0.25) is 14.5 Å². The molecule has 9 heteroatoms. The van der Waals surface area contributed by atoms with Crippen molar-refractivity contribution in [2.45, 2.75) is 44.9 Å². The van der Waals surface area contributed by atoms with Crippen molar-refractivity contribution >= 4 is 17.6 Å². The molecule has 26 heavy (non-hydrogen) atoms. The second-order valence-corrected chi connectivity index (χ2v) is 5.98. The SMILES string of the molecule is CCCN(OC)C(=O)N1c2ccccc2CC[C@@H]1NC(=O)CC(F)(F)F. The number of anilines is 1. The average Bonchev–Trinajstić information content (AvgIpc) is 2.57. The number of amides is 3. The molecule has 0 aliphatic carbocycles. The van der Waals surface area contributed by atoms with Crippen LogP contribution in [0, 0.1) is 0 Å². The highest BCUT2D eigenvalue weighted by atomic mass is 19.4. The van der Waals surface area contributed by atoms with Gasteiger partial charge in [0, 0.05) is 0 Å². The molecule has 1 aliphatic heterocycles. The van der Waals surface area contributed by atoms with Gasteiger partial charge >= 0.3 is 12.2 Å². The van der Waals surface area contributed by atoms with Crippen LogP contribution in [0.5, 0.6) is 0 Å². The summed E-state index contributed by atoms with van der Waals surface area (Å²) in [6.07, 6.45) is -5.57. The van der Waals surface area contributed by atoms with E-state index in [-0.39, 0.29) is 0 Å². The number of rotatable bonds is 5. The molecule has 6 nitrogen and oxygen atoms in total. The third-order valence-corrected chi connectivity index (χ3v) is 4.01. The second-order valence-electron chi connectivity index (χ2n) is 5.98. The minimum absolute atomic E-state index is 0.316. The van der Waals surface area contributed by atoms with Gasteiger partial charge in [0.1, 0.15) is 12.6 Å². The lowest BCUT2D eigenvalue weighted by Gasteiger charge is -2.39. The van der Waals surface area contributed by atoms with E-state index in [2.05, 4.69) is 5.32 Å². The summed E-state index contributed by atoms with van der Waals surface area (Å²) in [7, 11) is 1.35. The standard InChI is InChI=1S/C17H22F3N3O3/c1-3-10-22(26-2)16(25)23-13-7-5-4-6-12(13)8-9-14(23)21-15(24)11-17(18,19)20/h4-7,14H,3,8-11H2,1-2H3,(H,21,24)/t14-/m1/s1. The molecule has 1 atom stereocenters. The normalized spacial score (nSPS) is 16.8. The molecule has 0 spiro atoms. The number of carbonyl (C=O) groups excluding carboxylic acids is 2. The van der Waals surface area contributed by atoms with Crippen molar-refractivity contribution in [3.8, 4) is 0 Å². The number of para-hydroxylation sites is 1. The van der Waals surface area contributed by atoms with Crippen LogP contribution in [0.2, 0.25) is 0 Å². The quantitative estimate of drug-likeness (QED) is 0.806. The lowest BCUT2D eigenvalue weighted by atomic mass is 9.99. The maximum atomic E-state index is 12.9. The van der Waals surface area contributed by atoms with Gasteiger partial charge in [0.05, 0.1) is 19.3 Å². The second kappa shape index (κ2) is 8.39. The van der Waals surface area contributed by atoms with Crippen molar-refractivity contribution in [3.63, 3.8) is 0 Å². The van der Waals surface area contributed by atoms with Crippen molar-refractivity contribution in [1.29, 1.82) is 0 Å². The van der Waals surface area contributed by atoms with Gasteiger partial charge in [-0.1, -0.05) is 25.1 Å². The number of carbonyl (C=O) groups is 2. The summed E-state index contributed by atoms with van der Waals surface area (Å²) in [5.74, 6) is -1.17. The molecule has 0 bridgehead atoms. The summed E-state index contributed by atoms with van der Waals surface area (Å²) >= 11 is 0. The fourth-order valence-electron chi connectivity index (χ4n) is 2.93. The van der Waals surface area contributed by atoms with Crippen molar-refractivity contribution in [2.75, 3.05) is 18.6 Å². The summed E-state index contributed by atoms with van der Waals surface area (Å²) in [4.78, 5) is 31.1. The molecule has 0 aromatic heterocycles. The van der Waals surface area contributed by atoms with Crippen LogP contribution in [0.25, 0.3) is 0 Å². The molecule has 144 valence electrons. The Kier molecular flexibility index (Phi) is 6.47. The fraction of sp³-hybridized carbons (Fsp3) is 0.529. The van der Waals surface area contributed by atoms with E-state index in [0.29, 0.717) is 31.5 Å². The minimum atomic E-state index is -4.60. The predicted octanol–water partition coefficient (Wildman–Crippen LogP) is 3.23. The van der Waals surface area contributed by atoms with Crippen LogP contribution in [-0.2, 0) is 16.1 Å². The number of benzene rings is 1. The van der Waals surface area contributed by atoms with Gasteiger partial charge in [-0.2, -0.15) is 13.2 Å². The minimum Gasteiger partial charge on any atom is -0.335 e. The smallest absolute Gasteiger partial charge is 0.335 e. The van der Waals surface area contributed by atoms with E-state index in [9.17, 15) is 22.8 Å². The molecule has 0 radical (unpaired) electrons. The highest BCUT2D eigenvalue weighted by molar-refractivity contribution is 5.94. The maximum absolute atomic E-state index is 12.9. The van der Waals surface area contributed by atoms with Crippen LogP contribution in [-0.4, -0.2) is 43.0 Å². The number of hydroxylamine groups is 2. The Bertz CT molecular complexity index is 652. The van der Waals surface area contributed by atoms with Crippen LogP contribution in [0.1, 0.15) is 31.7 Å². The van der Waals surface area contributed by atoms with E-state index in [4.69, 9.17) is 4.84 Å². The van der Waals surface area contributed by atoms with Gasteiger partial charge in [-0.05, 0) is 30.9 Å². The average molecular weight is 373 g/mol. The molecule has 1 N–H and O–H groups in total. The van der Waals surface area contributed by atoms with Gasteiger partial charge in [-0.15, -0.1) is 0 Å². The number of aryl methyl sites for hydroxylation is 1. The van der Waals surface area contributed by atoms with Gasteiger partial charge in [-0.25, -0.2) is 9.86 Å². The number of fused-ring (bicyclic) bond motifs is 1. The summed E-state index contributed by atoms with van der Waals surface area (Å²) in [5, 5.41) is 3.46. The number of urea groups is 1. The Morgan fingerprint density at radius 2 is 2.04 bits per heavy atom. The number of nitrogens with one attached hydrogen (secondary N) is 1. The lowest BCUT2D eigenvalue weighted by molar-refractivity contribution is -0.154. The Hall–Kier alpha value is -2.29. The molecular formula is C17H22F3N3O3. The van der Waals surface area contributed by atoms with Crippen molar-refractivity contribution < 1.29 is 27.6 Å². The van der Waals surface area contributed by atoms with E-state index < -0.39 is 30.7 Å². The zero-order valence-electron chi connectivity index (χ0n) is 14.7. The summed E-state index contributed by atoms with van der Waals surface area (Å²) in [5.41, 5.74) is 1.44. The van der Waals surface area contributed by atoms with Crippen molar-refractivity contribution in [2.24, 2.45) is 0 Å². The molecule has 1 aromatic carbocycles. The number of alkyl halides is 3. The van der Waals surface area contributed by atoms with Crippen molar-refractivity contribution in [3.05, 3.63) is 29.8 Å². The maximum Gasteiger partial charge on any atom is 0.397 e. The molecule has 0 unspecified atom stereocenters. The van der Waals surface area contributed by atoms with Gasteiger partial charge < -0.3 is 5.32 Å². The zero-order valence-corrected chi connectivity index (χ0v) is 14.7. The summed E-state index contributed by atoms with van der Waals surface area (Å²) in [6.45, 7) is 2.18. The first-order valence-electron chi connectivity index (χ1n) is 8.35. The number of nitrogens with zero attached hydrogens (tertiary/aromatic N) is 2. The molecule has 3 amide bonds. The first kappa shape index (κ1) is 20.0. The topological polar surface area (TPSA) is 61.9 Å². The lowest BCUT2D eigenvalue weighted by Crippen LogP contribution is -2.57. The van der Waals surface area contributed by atoms with Crippen LogP contribution in [0.4, 0.5) is 23.7 Å². The molecule has 0 saturated carbocycles. The fourth-order valence-corrected chi connectivity index (χ4v) is 2.93. The first-order chi connectivity index (χ1) is 12.3. The van der Waals surface area contributed by atoms with E-state index >= 15 is 0 Å². The Labute approximate surface area is 149 Å².